The lowest BCUT2D eigenvalue weighted by Gasteiger charge is -2.40. The third kappa shape index (κ3) is 5.21. The summed E-state index contributed by atoms with van der Waals surface area (Å²) >= 11 is 0. The highest BCUT2D eigenvalue weighted by molar-refractivity contribution is 5.94. The Bertz CT molecular complexity index is 1050. The van der Waals surface area contributed by atoms with E-state index in [0.717, 1.165) is 50.1 Å². The molecular formula is C27H34N4O4. The fourth-order valence-electron chi connectivity index (χ4n) is 5.18. The van der Waals surface area contributed by atoms with Crippen molar-refractivity contribution in [3.63, 3.8) is 0 Å². The van der Waals surface area contributed by atoms with Crippen molar-refractivity contribution in [2.75, 3.05) is 12.0 Å². The molecule has 186 valence electrons. The molecule has 3 heterocycles. The maximum atomic E-state index is 13.1. The molecule has 35 heavy (non-hydrogen) atoms. The van der Waals surface area contributed by atoms with Crippen LogP contribution in [0.15, 0.2) is 42.6 Å². The zero-order chi connectivity index (χ0) is 24.6. The average molecular weight is 479 g/mol. The molecule has 0 radical (unpaired) electrons. The van der Waals surface area contributed by atoms with E-state index < -0.39 is 5.60 Å². The van der Waals surface area contributed by atoms with Gasteiger partial charge < -0.3 is 25.0 Å². The van der Waals surface area contributed by atoms with Gasteiger partial charge in [0.15, 0.2) is 5.60 Å². The minimum Gasteiger partial charge on any atom is -0.497 e. The summed E-state index contributed by atoms with van der Waals surface area (Å²) in [7, 11) is 1.62. The number of hydrogen-bond donors (Lipinski definition) is 2. The van der Waals surface area contributed by atoms with Gasteiger partial charge in [-0.3, -0.25) is 9.59 Å². The van der Waals surface area contributed by atoms with Gasteiger partial charge in [-0.2, -0.15) is 0 Å². The lowest BCUT2D eigenvalue weighted by molar-refractivity contribution is -0.135. The quantitative estimate of drug-likeness (QED) is 0.604. The minimum atomic E-state index is -0.997. The second-order valence-electron chi connectivity index (χ2n) is 10.4. The molecule has 3 fully saturated rings. The normalized spacial score (nSPS) is 23.5. The highest BCUT2D eigenvalue weighted by Crippen LogP contribution is 2.39. The summed E-state index contributed by atoms with van der Waals surface area (Å²) in [4.78, 5) is 32.4. The van der Waals surface area contributed by atoms with E-state index in [4.69, 9.17) is 9.47 Å². The van der Waals surface area contributed by atoms with Crippen molar-refractivity contribution in [3.05, 3.63) is 48.2 Å². The number of benzene rings is 1. The molecule has 3 aliphatic rings. The number of nitrogens with one attached hydrogen (secondary N) is 2. The Labute approximate surface area is 206 Å². The third-order valence-corrected chi connectivity index (χ3v) is 7.23. The van der Waals surface area contributed by atoms with Crippen LogP contribution in [0, 0.1) is 0 Å². The molecule has 2 N–H and O–H groups in total. The number of anilines is 1. The van der Waals surface area contributed by atoms with Crippen LogP contribution in [0.4, 0.5) is 5.82 Å². The highest BCUT2D eigenvalue weighted by Gasteiger charge is 2.43. The molecule has 2 amide bonds. The number of nitrogens with zero attached hydrogens (tertiary/aromatic N) is 2. The van der Waals surface area contributed by atoms with E-state index >= 15 is 0 Å². The van der Waals surface area contributed by atoms with Crippen LogP contribution in [0.25, 0.3) is 0 Å². The molecule has 8 nitrogen and oxygen atoms in total. The number of hydrogen-bond acceptors (Lipinski definition) is 6. The average Bonchev–Trinajstić information content (AvgIpc) is 3.62. The van der Waals surface area contributed by atoms with Crippen molar-refractivity contribution in [2.24, 2.45) is 0 Å². The first-order chi connectivity index (χ1) is 16.8. The zero-order valence-electron chi connectivity index (χ0n) is 20.6. The maximum absolute atomic E-state index is 13.1. The molecule has 1 aromatic heterocycles. The Morgan fingerprint density at radius 3 is 2.14 bits per heavy atom. The number of ether oxygens (including phenoxy) is 2. The van der Waals surface area contributed by atoms with Crippen LogP contribution in [-0.2, 0) is 4.79 Å². The number of aromatic nitrogens is 1. The standard InChI is InChI=1S/C27H34N4O4/c1-27(2,35-23-11-9-22(34-3)10-12-23)26(33)30-19-14-20-7-8-21(15-19)31(20)24-13-4-17(16-28-24)25(32)29-18-5-6-18/h4,9-13,16,18-21H,5-8,14-15H2,1-3H3,(H,29,32)(H,30,33). The molecule has 5 rings (SSSR count). The summed E-state index contributed by atoms with van der Waals surface area (Å²) in [5.41, 5.74) is -0.391. The molecule has 2 aliphatic heterocycles. The van der Waals surface area contributed by atoms with Gasteiger partial charge >= 0.3 is 0 Å². The first-order valence-electron chi connectivity index (χ1n) is 12.5. The smallest absolute Gasteiger partial charge is 0.263 e. The lowest BCUT2D eigenvalue weighted by atomic mass is 9.96. The molecule has 8 heteroatoms. The molecule has 1 aromatic carbocycles. The van der Waals surface area contributed by atoms with Crippen LogP contribution in [0.1, 0.15) is 62.7 Å². The van der Waals surface area contributed by atoms with Crippen LogP contribution in [0.3, 0.4) is 0 Å². The Morgan fingerprint density at radius 1 is 0.914 bits per heavy atom. The van der Waals surface area contributed by atoms with E-state index in [-0.39, 0.29) is 17.9 Å². The van der Waals surface area contributed by atoms with E-state index in [1.807, 2.05) is 24.3 Å². The topological polar surface area (TPSA) is 92.8 Å². The van der Waals surface area contributed by atoms with E-state index in [1.54, 1.807) is 39.3 Å². The number of fused-ring (bicyclic) bond motifs is 2. The molecule has 2 unspecified atom stereocenters. The summed E-state index contributed by atoms with van der Waals surface area (Å²) in [6.45, 7) is 3.59. The molecule has 1 saturated carbocycles. The van der Waals surface area contributed by atoms with Gasteiger partial charge in [-0.05, 0) is 88.8 Å². The van der Waals surface area contributed by atoms with E-state index in [1.165, 1.54) is 0 Å². The van der Waals surface area contributed by atoms with Crippen molar-refractivity contribution in [3.8, 4) is 11.5 Å². The fourth-order valence-corrected chi connectivity index (χ4v) is 5.18. The van der Waals surface area contributed by atoms with Crippen LogP contribution in [0.5, 0.6) is 11.5 Å². The second-order valence-corrected chi connectivity index (χ2v) is 10.4. The predicted octanol–water partition coefficient (Wildman–Crippen LogP) is 3.46. The number of amides is 2. The fraction of sp³-hybridized carbons (Fsp3) is 0.519. The van der Waals surface area contributed by atoms with Gasteiger partial charge in [-0.25, -0.2) is 4.98 Å². The number of rotatable bonds is 8. The summed E-state index contributed by atoms with van der Waals surface area (Å²) in [6, 6.07) is 12.1. The number of piperidine rings is 1. The largest absolute Gasteiger partial charge is 0.497 e. The molecule has 2 aromatic rings. The number of pyridine rings is 1. The Kier molecular flexibility index (Phi) is 6.30. The van der Waals surface area contributed by atoms with Crippen molar-refractivity contribution in [2.45, 2.75) is 82.1 Å². The minimum absolute atomic E-state index is 0.0459. The summed E-state index contributed by atoms with van der Waals surface area (Å²) < 4.78 is 11.2. The molecule has 1 aliphatic carbocycles. The van der Waals surface area contributed by atoms with Crippen LogP contribution >= 0.6 is 0 Å². The number of carbonyl (C=O) groups is 2. The Balaban J connectivity index is 1.18. The van der Waals surface area contributed by atoms with Gasteiger partial charge in [-0.1, -0.05) is 0 Å². The van der Waals surface area contributed by atoms with Gasteiger partial charge in [0.25, 0.3) is 11.8 Å². The number of methoxy groups -OCH3 is 1. The third-order valence-electron chi connectivity index (χ3n) is 7.23. The molecular weight excluding hydrogens is 444 g/mol. The van der Waals surface area contributed by atoms with Crippen molar-refractivity contribution in [1.82, 2.24) is 15.6 Å². The second kappa shape index (κ2) is 9.40. The Hall–Kier alpha value is -3.29. The summed E-state index contributed by atoms with van der Waals surface area (Å²) in [5.74, 6) is 2.12. The number of carbonyl (C=O) groups excluding carboxylic acids is 2. The predicted molar refractivity (Wildman–Crippen MR) is 133 cm³/mol. The van der Waals surface area contributed by atoms with Gasteiger partial charge in [0.05, 0.1) is 12.7 Å². The van der Waals surface area contributed by atoms with Crippen LogP contribution in [-0.4, -0.2) is 53.7 Å². The highest BCUT2D eigenvalue weighted by atomic mass is 16.5. The summed E-state index contributed by atoms with van der Waals surface area (Å²) in [5, 5.41) is 6.24. The Morgan fingerprint density at radius 2 is 1.57 bits per heavy atom. The van der Waals surface area contributed by atoms with Gasteiger partial charge in [0, 0.05) is 30.4 Å². The van der Waals surface area contributed by atoms with E-state index in [2.05, 4.69) is 20.5 Å². The van der Waals surface area contributed by atoms with Gasteiger partial charge in [-0.15, -0.1) is 0 Å². The summed E-state index contributed by atoms with van der Waals surface area (Å²) in [6.07, 6.45) is 7.70. The van der Waals surface area contributed by atoms with Gasteiger partial charge in [0.1, 0.15) is 17.3 Å². The SMILES string of the molecule is COc1ccc(OC(C)(C)C(=O)NC2CC3CCC(C2)N3c2ccc(C(=O)NC3CC3)cn2)cc1. The maximum Gasteiger partial charge on any atom is 0.263 e. The lowest BCUT2D eigenvalue weighted by Crippen LogP contribution is -2.55. The molecule has 0 spiro atoms. The van der Waals surface area contributed by atoms with Crippen LogP contribution < -0.4 is 25.0 Å². The first-order valence-corrected chi connectivity index (χ1v) is 12.5. The van der Waals surface area contributed by atoms with E-state index in [9.17, 15) is 9.59 Å². The van der Waals surface area contributed by atoms with E-state index in [0.29, 0.717) is 29.4 Å². The zero-order valence-corrected chi connectivity index (χ0v) is 20.6. The molecule has 2 atom stereocenters. The van der Waals surface area contributed by atoms with Crippen molar-refractivity contribution >= 4 is 17.6 Å². The van der Waals surface area contributed by atoms with Crippen molar-refractivity contribution in [1.29, 1.82) is 0 Å². The molecule has 2 saturated heterocycles. The van der Waals surface area contributed by atoms with Crippen LogP contribution in [0.2, 0.25) is 0 Å². The molecule has 2 bridgehead atoms. The monoisotopic (exact) mass is 478 g/mol. The first kappa shape index (κ1) is 23.5. The van der Waals surface area contributed by atoms with Gasteiger partial charge in [0.2, 0.25) is 0 Å². The van der Waals surface area contributed by atoms with Crippen molar-refractivity contribution < 1.29 is 19.1 Å².